The van der Waals surface area contributed by atoms with Gasteiger partial charge in [0.25, 0.3) is 0 Å². The third-order valence-corrected chi connectivity index (χ3v) is 5.37. The van der Waals surface area contributed by atoms with Crippen LogP contribution in [0.25, 0.3) is 0 Å². The number of ether oxygens (including phenoxy) is 4. The molecule has 0 amide bonds. The first-order valence-electron chi connectivity index (χ1n) is 9.48. The first-order chi connectivity index (χ1) is 13.5. The Morgan fingerprint density at radius 1 is 1.07 bits per heavy atom. The average Bonchev–Trinajstić information content (AvgIpc) is 2.73. The highest BCUT2D eigenvalue weighted by atomic mass is 16.5. The van der Waals surface area contributed by atoms with Crippen molar-refractivity contribution in [2.75, 3.05) is 62.2 Å². The van der Waals surface area contributed by atoms with Gasteiger partial charge in [-0.05, 0) is 44.6 Å². The molecule has 1 aromatic carbocycles. The van der Waals surface area contributed by atoms with Gasteiger partial charge in [-0.3, -0.25) is 4.99 Å². The van der Waals surface area contributed by atoms with Crippen LogP contribution >= 0.6 is 0 Å². The van der Waals surface area contributed by atoms with E-state index in [1.807, 2.05) is 12.1 Å². The molecule has 1 saturated heterocycles. The SMILES string of the molecule is CN=C(NCc1cc(OC)c(OC)c(OC)c1)NCC1(N(C)C)CCOCC1. The smallest absolute Gasteiger partial charge is 0.203 e. The number of nitrogens with zero attached hydrogens (tertiary/aromatic N) is 2. The third-order valence-electron chi connectivity index (χ3n) is 5.37. The summed E-state index contributed by atoms with van der Waals surface area (Å²) in [7, 11) is 10.9. The molecule has 0 bridgehead atoms. The Labute approximate surface area is 168 Å². The maximum atomic E-state index is 5.54. The van der Waals surface area contributed by atoms with Gasteiger partial charge in [0.15, 0.2) is 17.5 Å². The van der Waals surface area contributed by atoms with Crippen LogP contribution in [-0.4, -0.2) is 78.6 Å². The second kappa shape index (κ2) is 10.4. The van der Waals surface area contributed by atoms with E-state index in [0.717, 1.165) is 44.1 Å². The molecule has 0 atom stereocenters. The van der Waals surface area contributed by atoms with E-state index in [2.05, 4.69) is 34.6 Å². The second-order valence-electron chi connectivity index (χ2n) is 7.04. The van der Waals surface area contributed by atoms with Crippen molar-refractivity contribution in [2.45, 2.75) is 24.9 Å². The van der Waals surface area contributed by atoms with E-state index in [9.17, 15) is 0 Å². The molecule has 8 heteroatoms. The van der Waals surface area contributed by atoms with Crippen LogP contribution in [0.3, 0.4) is 0 Å². The van der Waals surface area contributed by atoms with Crippen LogP contribution in [0.2, 0.25) is 0 Å². The first-order valence-corrected chi connectivity index (χ1v) is 9.48. The molecule has 1 fully saturated rings. The van der Waals surface area contributed by atoms with Gasteiger partial charge in [-0.15, -0.1) is 0 Å². The molecule has 0 spiro atoms. The summed E-state index contributed by atoms with van der Waals surface area (Å²) in [6.07, 6.45) is 1.99. The quantitative estimate of drug-likeness (QED) is 0.511. The molecule has 1 aliphatic rings. The van der Waals surface area contributed by atoms with Gasteiger partial charge in [-0.25, -0.2) is 0 Å². The first kappa shape index (κ1) is 22.1. The maximum Gasteiger partial charge on any atom is 0.203 e. The van der Waals surface area contributed by atoms with Crippen molar-refractivity contribution >= 4 is 5.96 Å². The molecule has 0 unspecified atom stereocenters. The molecule has 158 valence electrons. The molecule has 28 heavy (non-hydrogen) atoms. The Hall–Kier alpha value is -2.19. The molecular weight excluding hydrogens is 360 g/mol. The normalized spacial score (nSPS) is 16.6. The van der Waals surface area contributed by atoms with Crippen molar-refractivity contribution in [3.05, 3.63) is 17.7 Å². The number of guanidine groups is 1. The number of hydrogen-bond donors (Lipinski definition) is 2. The Morgan fingerprint density at radius 2 is 1.68 bits per heavy atom. The van der Waals surface area contributed by atoms with Crippen LogP contribution in [0.15, 0.2) is 17.1 Å². The van der Waals surface area contributed by atoms with Crippen LogP contribution in [0.4, 0.5) is 0 Å². The summed E-state index contributed by atoms with van der Waals surface area (Å²) in [5.74, 6) is 2.61. The van der Waals surface area contributed by atoms with Crippen LogP contribution in [0.1, 0.15) is 18.4 Å². The molecule has 0 aromatic heterocycles. The molecule has 8 nitrogen and oxygen atoms in total. The lowest BCUT2D eigenvalue weighted by molar-refractivity contribution is -0.00501. The predicted molar refractivity (Wildman–Crippen MR) is 111 cm³/mol. The molecule has 1 heterocycles. The van der Waals surface area contributed by atoms with Crippen molar-refractivity contribution in [1.82, 2.24) is 15.5 Å². The second-order valence-corrected chi connectivity index (χ2v) is 7.04. The molecule has 1 aliphatic heterocycles. The van der Waals surface area contributed by atoms with E-state index >= 15 is 0 Å². The Bertz CT molecular complexity index is 633. The molecule has 0 aliphatic carbocycles. The number of likely N-dealkylation sites (N-methyl/N-ethyl adjacent to an activating group) is 1. The highest BCUT2D eigenvalue weighted by Crippen LogP contribution is 2.38. The fraction of sp³-hybridized carbons (Fsp3) is 0.650. The van der Waals surface area contributed by atoms with Gasteiger partial charge in [0.05, 0.1) is 21.3 Å². The summed E-state index contributed by atoms with van der Waals surface area (Å²) in [5.41, 5.74) is 1.08. The van der Waals surface area contributed by atoms with Gasteiger partial charge < -0.3 is 34.5 Å². The van der Waals surface area contributed by atoms with E-state index < -0.39 is 0 Å². The van der Waals surface area contributed by atoms with Crippen LogP contribution in [-0.2, 0) is 11.3 Å². The number of benzene rings is 1. The predicted octanol–water partition coefficient (Wildman–Crippen LogP) is 1.49. The zero-order chi connectivity index (χ0) is 20.6. The highest BCUT2D eigenvalue weighted by molar-refractivity contribution is 5.79. The summed E-state index contributed by atoms with van der Waals surface area (Å²) in [5, 5.41) is 6.82. The summed E-state index contributed by atoms with van der Waals surface area (Å²) in [4.78, 5) is 6.64. The zero-order valence-electron chi connectivity index (χ0n) is 17.9. The minimum atomic E-state index is 0.0718. The molecular formula is C20H34N4O4. The topological polar surface area (TPSA) is 76.6 Å². The fourth-order valence-electron chi connectivity index (χ4n) is 3.43. The van der Waals surface area contributed by atoms with Gasteiger partial charge in [0, 0.05) is 38.9 Å². The minimum Gasteiger partial charge on any atom is -0.493 e. The lowest BCUT2D eigenvalue weighted by Gasteiger charge is -2.43. The third kappa shape index (κ3) is 5.20. The van der Waals surface area contributed by atoms with Crippen molar-refractivity contribution in [3.63, 3.8) is 0 Å². The molecule has 2 rings (SSSR count). The van der Waals surface area contributed by atoms with E-state index in [1.165, 1.54) is 0 Å². The molecule has 0 radical (unpaired) electrons. The molecule has 0 saturated carbocycles. The van der Waals surface area contributed by atoms with Crippen LogP contribution < -0.4 is 24.8 Å². The van der Waals surface area contributed by atoms with Gasteiger partial charge in [-0.1, -0.05) is 0 Å². The lowest BCUT2D eigenvalue weighted by Crippen LogP contribution is -2.57. The van der Waals surface area contributed by atoms with Crippen molar-refractivity contribution < 1.29 is 18.9 Å². The van der Waals surface area contributed by atoms with Crippen molar-refractivity contribution in [1.29, 1.82) is 0 Å². The van der Waals surface area contributed by atoms with Gasteiger partial charge in [0.2, 0.25) is 5.75 Å². The highest BCUT2D eigenvalue weighted by Gasteiger charge is 2.34. The van der Waals surface area contributed by atoms with E-state index in [0.29, 0.717) is 23.8 Å². The Kier molecular flexibility index (Phi) is 8.19. The average molecular weight is 395 g/mol. The van der Waals surface area contributed by atoms with Crippen molar-refractivity contribution in [2.24, 2.45) is 4.99 Å². The molecule has 1 aromatic rings. The number of rotatable bonds is 8. The number of nitrogens with one attached hydrogen (secondary N) is 2. The number of hydrogen-bond acceptors (Lipinski definition) is 6. The van der Waals surface area contributed by atoms with E-state index in [-0.39, 0.29) is 5.54 Å². The van der Waals surface area contributed by atoms with Gasteiger partial charge in [0.1, 0.15) is 0 Å². The van der Waals surface area contributed by atoms with E-state index in [1.54, 1.807) is 28.4 Å². The number of methoxy groups -OCH3 is 3. The Balaban J connectivity index is 2.02. The largest absolute Gasteiger partial charge is 0.493 e. The van der Waals surface area contributed by atoms with E-state index in [4.69, 9.17) is 18.9 Å². The maximum absolute atomic E-state index is 5.54. The summed E-state index contributed by atoms with van der Waals surface area (Å²) in [6, 6.07) is 3.86. The minimum absolute atomic E-state index is 0.0718. The summed E-state index contributed by atoms with van der Waals surface area (Å²) in [6.45, 7) is 2.96. The molecule has 2 N–H and O–H groups in total. The monoisotopic (exact) mass is 394 g/mol. The standard InChI is InChI=1S/C20H34N4O4/c1-21-19(23-14-20(24(2)3)7-9-28-10-8-20)22-13-15-11-16(25-4)18(27-6)17(12-15)26-5/h11-12H,7-10,13-14H2,1-6H3,(H2,21,22,23). The van der Waals surface area contributed by atoms with Gasteiger partial charge >= 0.3 is 0 Å². The van der Waals surface area contributed by atoms with Crippen LogP contribution in [0.5, 0.6) is 17.2 Å². The summed E-state index contributed by atoms with van der Waals surface area (Å²) >= 11 is 0. The fourth-order valence-corrected chi connectivity index (χ4v) is 3.43. The van der Waals surface area contributed by atoms with Gasteiger partial charge in [-0.2, -0.15) is 0 Å². The summed E-state index contributed by atoms with van der Waals surface area (Å²) < 4.78 is 21.8. The number of aliphatic imine (C=N–C) groups is 1. The van der Waals surface area contributed by atoms with Crippen molar-refractivity contribution in [3.8, 4) is 17.2 Å². The zero-order valence-corrected chi connectivity index (χ0v) is 17.9. The Morgan fingerprint density at radius 3 is 2.14 bits per heavy atom. The lowest BCUT2D eigenvalue weighted by atomic mass is 9.88. The van der Waals surface area contributed by atoms with Crippen LogP contribution in [0, 0.1) is 0 Å².